The van der Waals surface area contributed by atoms with E-state index in [2.05, 4.69) is 15.5 Å². The quantitative estimate of drug-likeness (QED) is 0.935. The van der Waals surface area contributed by atoms with Crippen LogP contribution in [0, 0.1) is 0 Å². The van der Waals surface area contributed by atoms with Crippen molar-refractivity contribution < 1.29 is 14.3 Å². The fourth-order valence-electron chi connectivity index (χ4n) is 2.15. The van der Waals surface area contributed by atoms with E-state index in [4.69, 9.17) is 9.47 Å². The van der Waals surface area contributed by atoms with E-state index >= 15 is 0 Å². The Balaban J connectivity index is 1.60. The van der Waals surface area contributed by atoms with Gasteiger partial charge in [-0.05, 0) is 19.1 Å². The molecule has 2 amide bonds. The zero-order valence-corrected chi connectivity index (χ0v) is 12.9. The maximum atomic E-state index is 12.2. The van der Waals surface area contributed by atoms with Crippen molar-refractivity contribution in [3.8, 4) is 11.5 Å². The van der Waals surface area contributed by atoms with Gasteiger partial charge < -0.3 is 14.4 Å². The first kappa shape index (κ1) is 14.6. The fourth-order valence-corrected chi connectivity index (χ4v) is 2.59. The molecule has 0 aliphatic carbocycles. The maximum Gasteiger partial charge on any atom is 0.323 e. The van der Waals surface area contributed by atoms with E-state index < -0.39 is 0 Å². The number of ether oxygens (including phenoxy) is 2. The number of carbonyl (C=O) groups excluding carboxylic acids is 1. The molecule has 1 aliphatic rings. The average Bonchev–Trinajstić information content (AvgIpc) is 3.05. The zero-order valence-electron chi connectivity index (χ0n) is 12.1. The molecule has 2 aromatic rings. The molecule has 1 aliphatic heterocycles. The average molecular weight is 320 g/mol. The van der Waals surface area contributed by atoms with Gasteiger partial charge in [-0.25, -0.2) is 4.79 Å². The first-order valence-corrected chi connectivity index (χ1v) is 7.85. The summed E-state index contributed by atoms with van der Waals surface area (Å²) in [6.45, 7) is 3.33. The third-order valence-electron chi connectivity index (χ3n) is 3.23. The summed E-state index contributed by atoms with van der Waals surface area (Å²) in [5.41, 5.74) is 1.57. The topological polar surface area (TPSA) is 76.6 Å². The summed E-state index contributed by atoms with van der Waals surface area (Å²) in [5.74, 6) is 1.44. The van der Waals surface area contributed by atoms with Crippen LogP contribution in [-0.4, -0.2) is 46.9 Å². The third kappa shape index (κ3) is 3.28. The number of benzene rings is 1. The zero-order chi connectivity index (χ0) is 15.4. The number of urea groups is 1. The molecular formula is C14H16N4O3S. The standard InChI is InChI=1S/C14H16N4O3S/c1-2-18(14(19)16-13-17-15-9-22-13)7-10-8-20-11-5-3-4-6-12(11)21-10/h3-6,9-10H,2,7-8H2,1H3,(H,16,17,19)/t10-/m1/s1. The molecule has 0 radical (unpaired) electrons. The minimum atomic E-state index is -0.221. The molecule has 0 bridgehead atoms. The molecule has 8 heteroatoms. The van der Waals surface area contributed by atoms with Gasteiger partial charge >= 0.3 is 6.03 Å². The van der Waals surface area contributed by atoms with Crippen LogP contribution in [0.5, 0.6) is 11.5 Å². The van der Waals surface area contributed by atoms with Gasteiger partial charge in [0.2, 0.25) is 5.13 Å². The van der Waals surface area contributed by atoms with Crippen molar-refractivity contribution in [2.75, 3.05) is 25.0 Å². The highest BCUT2D eigenvalue weighted by atomic mass is 32.1. The first-order chi connectivity index (χ1) is 10.8. The number of fused-ring (bicyclic) bond motifs is 1. The molecule has 7 nitrogen and oxygen atoms in total. The molecule has 0 spiro atoms. The summed E-state index contributed by atoms with van der Waals surface area (Å²) in [7, 11) is 0. The van der Waals surface area contributed by atoms with Gasteiger partial charge in [0.15, 0.2) is 17.6 Å². The SMILES string of the molecule is CCN(C[C@@H]1COc2ccccc2O1)C(=O)Nc1nncs1. The molecule has 0 fully saturated rings. The van der Waals surface area contributed by atoms with Crippen LogP contribution in [0.25, 0.3) is 0 Å². The van der Waals surface area contributed by atoms with Crippen LogP contribution in [0.4, 0.5) is 9.93 Å². The number of rotatable bonds is 4. The Kier molecular flexibility index (Phi) is 4.38. The van der Waals surface area contributed by atoms with E-state index in [1.54, 1.807) is 10.4 Å². The van der Waals surface area contributed by atoms with Crippen molar-refractivity contribution >= 4 is 22.5 Å². The fraction of sp³-hybridized carbons (Fsp3) is 0.357. The van der Waals surface area contributed by atoms with E-state index in [9.17, 15) is 4.79 Å². The van der Waals surface area contributed by atoms with Crippen LogP contribution in [0.15, 0.2) is 29.8 Å². The Morgan fingerprint density at radius 1 is 1.45 bits per heavy atom. The Bertz CT molecular complexity index is 635. The molecule has 0 saturated carbocycles. The van der Waals surface area contributed by atoms with Crippen LogP contribution in [0.3, 0.4) is 0 Å². The van der Waals surface area contributed by atoms with Gasteiger partial charge in [0.05, 0.1) is 6.54 Å². The Morgan fingerprint density at radius 3 is 3.00 bits per heavy atom. The van der Waals surface area contributed by atoms with E-state index in [1.165, 1.54) is 11.3 Å². The lowest BCUT2D eigenvalue weighted by atomic mass is 10.2. The minimum Gasteiger partial charge on any atom is -0.486 e. The van der Waals surface area contributed by atoms with Crippen LogP contribution in [-0.2, 0) is 0 Å². The maximum absolute atomic E-state index is 12.2. The van der Waals surface area contributed by atoms with Crippen molar-refractivity contribution in [3.05, 3.63) is 29.8 Å². The van der Waals surface area contributed by atoms with Gasteiger partial charge in [-0.2, -0.15) is 0 Å². The van der Waals surface area contributed by atoms with Crippen LogP contribution >= 0.6 is 11.3 Å². The molecule has 22 heavy (non-hydrogen) atoms. The second kappa shape index (κ2) is 6.61. The highest BCUT2D eigenvalue weighted by molar-refractivity contribution is 7.13. The predicted molar refractivity (Wildman–Crippen MR) is 82.5 cm³/mol. The molecule has 1 aromatic heterocycles. The van der Waals surface area contributed by atoms with Crippen molar-refractivity contribution in [3.63, 3.8) is 0 Å². The Hall–Kier alpha value is -2.35. The minimum absolute atomic E-state index is 0.199. The summed E-state index contributed by atoms with van der Waals surface area (Å²) < 4.78 is 11.5. The molecular weight excluding hydrogens is 304 g/mol. The number of likely N-dealkylation sites (N-methyl/N-ethyl adjacent to an activating group) is 1. The van der Waals surface area contributed by atoms with Crippen molar-refractivity contribution in [1.82, 2.24) is 15.1 Å². The number of hydrogen-bond donors (Lipinski definition) is 1. The monoisotopic (exact) mass is 320 g/mol. The molecule has 0 saturated heterocycles. The molecule has 1 atom stereocenters. The van der Waals surface area contributed by atoms with Gasteiger partial charge in [-0.3, -0.25) is 5.32 Å². The summed E-state index contributed by atoms with van der Waals surface area (Å²) in [6, 6.07) is 7.30. The van der Waals surface area contributed by atoms with Crippen molar-refractivity contribution in [2.45, 2.75) is 13.0 Å². The summed E-state index contributed by atoms with van der Waals surface area (Å²) >= 11 is 1.28. The van der Waals surface area contributed by atoms with E-state index in [0.717, 1.165) is 5.75 Å². The Labute approximate surface area is 131 Å². The number of para-hydroxylation sites is 2. The van der Waals surface area contributed by atoms with Gasteiger partial charge in [0, 0.05) is 6.54 Å². The van der Waals surface area contributed by atoms with Gasteiger partial charge in [0.25, 0.3) is 0 Å². The Morgan fingerprint density at radius 2 is 2.27 bits per heavy atom. The van der Waals surface area contributed by atoms with Gasteiger partial charge in [0.1, 0.15) is 12.1 Å². The summed E-state index contributed by atoms with van der Waals surface area (Å²) in [6.07, 6.45) is -0.199. The number of aromatic nitrogens is 2. The lowest BCUT2D eigenvalue weighted by molar-refractivity contribution is 0.0693. The predicted octanol–water partition coefficient (Wildman–Crippen LogP) is 2.23. The summed E-state index contributed by atoms with van der Waals surface area (Å²) in [5, 5.41) is 10.7. The highest BCUT2D eigenvalue weighted by Crippen LogP contribution is 2.31. The molecule has 2 heterocycles. The molecule has 3 rings (SSSR count). The second-order valence-electron chi connectivity index (χ2n) is 4.71. The number of hydrogen-bond acceptors (Lipinski definition) is 6. The number of amides is 2. The third-order valence-corrected chi connectivity index (χ3v) is 3.84. The number of anilines is 1. The molecule has 116 valence electrons. The van der Waals surface area contributed by atoms with Crippen LogP contribution in [0.2, 0.25) is 0 Å². The molecule has 0 unspecified atom stereocenters. The van der Waals surface area contributed by atoms with Crippen LogP contribution in [0.1, 0.15) is 6.92 Å². The van der Waals surface area contributed by atoms with Gasteiger partial charge in [-0.15, -0.1) is 10.2 Å². The first-order valence-electron chi connectivity index (χ1n) is 6.97. The van der Waals surface area contributed by atoms with Crippen molar-refractivity contribution in [1.29, 1.82) is 0 Å². The number of nitrogens with zero attached hydrogens (tertiary/aromatic N) is 3. The lowest BCUT2D eigenvalue weighted by Gasteiger charge is -2.30. The largest absolute Gasteiger partial charge is 0.486 e. The van der Waals surface area contributed by atoms with Gasteiger partial charge in [-0.1, -0.05) is 23.5 Å². The van der Waals surface area contributed by atoms with E-state index in [1.807, 2.05) is 31.2 Å². The van der Waals surface area contributed by atoms with Crippen LogP contribution < -0.4 is 14.8 Å². The number of nitrogens with one attached hydrogen (secondary N) is 1. The lowest BCUT2D eigenvalue weighted by Crippen LogP contribution is -2.45. The normalized spacial score (nSPS) is 16.1. The number of carbonyl (C=O) groups is 1. The molecule has 1 aromatic carbocycles. The highest BCUT2D eigenvalue weighted by Gasteiger charge is 2.25. The van der Waals surface area contributed by atoms with E-state index in [0.29, 0.717) is 30.6 Å². The second-order valence-corrected chi connectivity index (χ2v) is 5.54. The molecule has 1 N–H and O–H groups in total. The van der Waals surface area contributed by atoms with E-state index in [-0.39, 0.29) is 12.1 Å². The smallest absolute Gasteiger partial charge is 0.323 e. The summed E-state index contributed by atoms with van der Waals surface area (Å²) in [4.78, 5) is 13.9. The van der Waals surface area contributed by atoms with Crippen molar-refractivity contribution in [2.24, 2.45) is 0 Å².